The number of ketones is 1. The van der Waals surface area contributed by atoms with Crippen LogP contribution in [0.1, 0.15) is 44.9 Å². The number of carbonyl (C=O) groups is 3. The van der Waals surface area contributed by atoms with Gasteiger partial charge in [0.1, 0.15) is 0 Å². The second-order valence-corrected chi connectivity index (χ2v) is 5.74. The van der Waals surface area contributed by atoms with Gasteiger partial charge in [0, 0.05) is 0 Å². The largest absolute Gasteiger partial charge is 0.481 e. The summed E-state index contributed by atoms with van der Waals surface area (Å²) in [6, 6.07) is -1.31. The Morgan fingerprint density at radius 2 is 1.86 bits per heavy atom. The first kappa shape index (κ1) is 17.6. The first-order valence-electron chi connectivity index (χ1n) is 7.20. The molecule has 120 valence electrons. The Morgan fingerprint density at radius 1 is 1.29 bits per heavy atom. The molecular weight excluding hydrogens is 276 g/mol. The first-order chi connectivity index (χ1) is 9.81. The van der Waals surface area contributed by atoms with Gasteiger partial charge in [-0.1, -0.05) is 32.1 Å². The van der Waals surface area contributed by atoms with Gasteiger partial charge in [-0.2, -0.15) is 0 Å². The van der Waals surface area contributed by atoms with Gasteiger partial charge in [0.15, 0.2) is 11.3 Å². The van der Waals surface area contributed by atoms with Crippen LogP contribution in [0.2, 0.25) is 0 Å². The summed E-state index contributed by atoms with van der Waals surface area (Å²) >= 11 is 0. The minimum atomic E-state index is -1.86. The monoisotopic (exact) mass is 300 g/mol. The van der Waals surface area contributed by atoms with Crippen LogP contribution >= 0.6 is 0 Å². The van der Waals surface area contributed by atoms with Crippen LogP contribution in [0.25, 0.3) is 0 Å². The van der Waals surface area contributed by atoms with E-state index in [0.29, 0.717) is 0 Å². The number of carbonyl (C=O) groups excluding carboxylic acids is 2. The van der Waals surface area contributed by atoms with Crippen LogP contribution in [0.5, 0.6) is 0 Å². The zero-order valence-corrected chi connectivity index (χ0v) is 12.3. The number of Topliss-reactive ketones (excluding diaryl/α,β-unsaturated/α-hetero) is 1. The molecule has 1 saturated carbocycles. The summed E-state index contributed by atoms with van der Waals surface area (Å²) in [5.41, 5.74) is 9.73. The van der Waals surface area contributed by atoms with Crippen LogP contribution in [-0.4, -0.2) is 41.5 Å². The molecule has 0 aromatic heterocycles. The second-order valence-electron chi connectivity index (χ2n) is 5.74. The molecule has 1 aliphatic carbocycles. The molecule has 0 amide bonds. The van der Waals surface area contributed by atoms with Gasteiger partial charge in [-0.25, -0.2) is 4.79 Å². The summed E-state index contributed by atoms with van der Waals surface area (Å²) in [6.07, 6.45) is 4.62. The summed E-state index contributed by atoms with van der Waals surface area (Å²) in [5, 5.41) is 8.73. The van der Waals surface area contributed by atoms with Gasteiger partial charge in [0.05, 0.1) is 19.6 Å². The number of carboxylic acid groups (broad SMARTS) is 1. The maximum Gasteiger partial charge on any atom is 0.333 e. The van der Waals surface area contributed by atoms with Crippen molar-refractivity contribution in [2.45, 2.75) is 56.5 Å². The highest BCUT2D eigenvalue weighted by atomic mass is 16.5. The minimum absolute atomic E-state index is 0.156. The number of nitrogens with two attached hydrogens (primary N) is 2. The average Bonchev–Trinajstić information content (AvgIpc) is 2.45. The number of hydrogen-bond donors (Lipinski definition) is 3. The topological polar surface area (TPSA) is 133 Å². The smallest absolute Gasteiger partial charge is 0.333 e. The van der Waals surface area contributed by atoms with E-state index in [1.165, 1.54) is 0 Å². The van der Waals surface area contributed by atoms with Gasteiger partial charge >= 0.3 is 11.9 Å². The van der Waals surface area contributed by atoms with Crippen molar-refractivity contribution in [3.63, 3.8) is 0 Å². The number of carboxylic acids is 1. The third-order valence-corrected chi connectivity index (χ3v) is 4.06. The fourth-order valence-electron chi connectivity index (χ4n) is 2.92. The van der Waals surface area contributed by atoms with Crippen molar-refractivity contribution in [3.8, 4) is 0 Å². The number of esters is 1. The molecule has 1 rings (SSSR count). The van der Waals surface area contributed by atoms with E-state index in [1.807, 2.05) is 0 Å². The van der Waals surface area contributed by atoms with Crippen molar-refractivity contribution in [2.75, 3.05) is 7.11 Å². The Morgan fingerprint density at radius 3 is 2.33 bits per heavy atom. The summed E-state index contributed by atoms with van der Waals surface area (Å²) in [5.74, 6) is -2.66. The van der Waals surface area contributed by atoms with E-state index in [9.17, 15) is 14.4 Å². The Labute approximate surface area is 124 Å². The standard InChI is InChI=1S/C14H24N2O5/c1-21-13(20)14(16,8-9-5-3-2-4-6-9)12(19)10(15)7-11(17)18/h9-10H,2-8,15-16H2,1H3,(H,17,18)/t10-,14+/m0/s1. The van der Waals surface area contributed by atoms with Crippen LogP contribution in [-0.2, 0) is 19.1 Å². The lowest BCUT2D eigenvalue weighted by Gasteiger charge is -2.32. The van der Waals surface area contributed by atoms with Crippen molar-refractivity contribution in [1.29, 1.82) is 0 Å². The zero-order valence-electron chi connectivity index (χ0n) is 12.3. The van der Waals surface area contributed by atoms with Gasteiger partial charge in [-0.15, -0.1) is 0 Å². The van der Waals surface area contributed by atoms with Crippen LogP contribution < -0.4 is 11.5 Å². The molecule has 2 atom stereocenters. The molecule has 0 aromatic carbocycles. The van der Waals surface area contributed by atoms with Crippen LogP contribution in [0.15, 0.2) is 0 Å². The van der Waals surface area contributed by atoms with Crippen molar-refractivity contribution < 1.29 is 24.2 Å². The zero-order chi connectivity index (χ0) is 16.0. The highest BCUT2D eigenvalue weighted by molar-refractivity contribution is 6.11. The molecule has 0 aliphatic heterocycles. The third-order valence-electron chi connectivity index (χ3n) is 4.06. The van der Waals surface area contributed by atoms with Gasteiger partial charge in [0.25, 0.3) is 0 Å². The van der Waals surface area contributed by atoms with E-state index in [2.05, 4.69) is 4.74 Å². The lowest BCUT2D eigenvalue weighted by atomic mass is 9.76. The van der Waals surface area contributed by atoms with Crippen LogP contribution in [0.3, 0.4) is 0 Å². The molecule has 0 aromatic rings. The first-order valence-corrected chi connectivity index (χ1v) is 7.20. The SMILES string of the molecule is COC(=O)[C@@](N)(CC1CCCCC1)C(=O)[C@@H](N)CC(=O)O. The van der Waals surface area contributed by atoms with Crippen molar-refractivity contribution in [2.24, 2.45) is 17.4 Å². The predicted molar refractivity (Wildman–Crippen MR) is 75.4 cm³/mol. The molecule has 0 radical (unpaired) electrons. The Balaban J connectivity index is 2.88. The van der Waals surface area contributed by atoms with Crippen molar-refractivity contribution >= 4 is 17.7 Å². The summed E-state index contributed by atoms with van der Waals surface area (Å²) in [4.78, 5) is 35.0. The molecule has 0 heterocycles. The Hall–Kier alpha value is -1.47. The molecule has 0 spiro atoms. The van der Waals surface area contributed by atoms with Crippen molar-refractivity contribution in [1.82, 2.24) is 0 Å². The molecule has 7 heteroatoms. The molecule has 1 aliphatic rings. The van der Waals surface area contributed by atoms with Gasteiger partial charge in [0.2, 0.25) is 0 Å². The Bertz CT molecular complexity index is 406. The minimum Gasteiger partial charge on any atom is -0.481 e. The van der Waals surface area contributed by atoms with Gasteiger partial charge < -0.3 is 21.3 Å². The molecule has 1 fully saturated rings. The summed E-state index contributed by atoms with van der Waals surface area (Å²) in [6.45, 7) is 0. The number of methoxy groups -OCH3 is 1. The highest BCUT2D eigenvalue weighted by Crippen LogP contribution is 2.31. The molecule has 21 heavy (non-hydrogen) atoms. The molecule has 5 N–H and O–H groups in total. The quantitative estimate of drug-likeness (QED) is 0.451. The summed E-state index contributed by atoms with van der Waals surface area (Å²) < 4.78 is 4.65. The van der Waals surface area contributed by atoms with Gasteiger partial charge in [-0.3, -0.25) is 9.59 Å². The van der Waals surface area contributed by atoms with E-state index in [0.717, 1.165) is 39.2 Å². The van der Waals surface area contributed by atoms with E-state index in [-0.39, 0.29) is 12.3 Å². The lowest BCUT2D eigenvalue weighted by molar-refractivity contribution is -0.154. The Kier molecular flexibility index (Phi) is 6.29. The number of rotatable bonds is 7. The molecule has 0 bridgehead atoms. The summed E-state index contributed by atoms with van der Waals surface area (Å²) in [7, 11) is 1.15. The van der Waals surface area contributed by atoms with E-state index in [4.69, 9.17) is 16.6 Å². The van der Waals surface area contributed by atoms with E-state index >= 15 is 0 Å². The third kappa shape index (κ3) is 4.50. The second kappa shape index (κ2) is 7.51. The molecular formula is C14H24N2O5. The maximum atomic E-state index is 12.4. The van der Waals surface area contributed by atoms with Crippen LogP contribution in [0, 0.1) is 5.92 Å². The normalized spacial score (nSPS) is 20.3. The molecule has 0 saturated heterocycles. The van der Waals surface area contributed by atoms with E-state index < -0.39 is 35.7 Å². The van der Waals surface area contributed by atoms with Gasteiger partial charge in [-0.05, 0) is 12.3 Å². The maximum absolute atomic E-state index is 12.4. The molecule has 0 unspecified atom stereocenters. The highest BCUT2D eigenvalue weighted by Gasteiger charge is 2.47. The number of aliphatic carboxylic acids is 1. The lowest BCUT2D eigenvalue weighted by Crippen LogP contribution is -2.61. The predicted octanol–water partition coefficient (Wildman–Crippen LogP) is 0.198. The van der Waals surface area contributed by atoms with Crippen molar-refractivity contribution in [3.05, 3.63) is 0 Å². The van der Waals surface area contributed by atoms with Crippen LogP contribution in [0.4, 0.5) is 0 Å². The fourth-order valence-corrected chi connectivity index (χ4v) is 2.92. The molecule has 7 nitrogen and oxygen atoms in total. The average molecular weight is 300 g/mol. The van der Waals surface area contributed by atoms with E-state index in [1.54, 1.807) is 0 Å². The number of ether oxygens (including phenoxy) is 1. The fraction of sp³-hybridized carbons (Fsp3) is 0.786. The number of hydrogen-bond acceptors (Lipinski definition) is 6.